The van der Waals surface area contributed by atoms with Gasteiger partial charge in [-0.3, -0.25) is 4.79 Å². The summed E-state index contributed by atoms with van der Waals surface area (Å²) in [5.41, 5.74) is 2.34. The van der Waals surface area contributed by atoms with Crippen LogP contribution in [0, 0.1) is 6.92 Å². The van der Waals surface area contributed by atoms with E-state index in [1.165, 1.54) is 5.56 Å². The molecule has 3 aliphatic heterocycles. The molecule has 7 rings (SSSR count). The maximum atomic E-state index is 13.7. The minimum atomic E-state index is -0.715. The van der Waals surface area contributed by atoms with Gasteiger partial charge in [-0.2, -0.15) is 5.10 Å². The van der Waals surface area contributed by atoms with Gasteiger partial charge in [-0.15, -0.1) is 0 Å². The van der Waals surface area contributed by atoms with Gasteiger partial charge in [0.2, 0.25) is 5.89 Å². The number of aryl methyl sites for hydroxylation is 1. The van der Waals surface area contributed by atoms with Crippen LogP contribution in [0.1, 0.15) is 43.0 Å². The number of hydrogen-bond donors (Lipinski definition) is 0. The molecule has 0 N–H and O–H groups in total. The monoisotopic (exact) mass is 469 g/mol. The zero-order valence-corrected chi connectivity index (χ0v) is 19.6. The summed E-state index contributed by atoms with van der Waals surface area (Å²) in [6.07, 6.45) is 6.61. The molecular formula is C27H27N5O3. The van der Waals surface area contributed by atoms with Crippen LogP contribution in [-0.4, -0.2) is 50.3 Å². The highest BCUT2D eigenvalue weighted by Gasteiger charge is 2.58. The van der Waals surface area contributed by atoms with Crippen molar-refractivity contribution in [1.29, 1.82) is 0 Å². The number of ether oxygens (including phenoxy) is 1. The van der Waals surface area contributed by atoms with Crippen LogP contribution < -0.4 is 4.90 Å². The Bertz CT molecular complexity index is 1400. The number of carbonyl (C=O) groups is 1. The largest absolute Gasteiger partial charge is 0.441 e. The predicted octanol–water partition coefficient (Wildman–Crippen LogP) is 4.36. The molecule has 1 spiro atoms. The summed E-state index contributed by atoms with van der Waals surface area (Å²) in [6, 6.07) is 16.5. The topological polar surface area (TPSA) is 76.1 Å². The predicted molar refractivity (Wildman–Crippen MR) is 130 cm³/mol. The van der Waals surface area contributed by atoms with E-state index >= 15 is 0 Å². The number of carbonyl (C=O) groups excluding carboxylic acids is 1. The third-order valence-corrected chi connectivity index (χ3v) is 7.78. The highest BCUT2D eigenvalue weighted by Crippen LogP contribution is 2.48. The van der Waals surface area contributed by atoms with Crippen LogP contribution in [0.15, 0.2) is 65.3 Å². The summed E-state index contributed by atoms with van der Waals surface area (Å²) < 4.78 is 14.2. The van der Waals surface area contributed by atoms with E-state index in [4.69, 9.17) is 9.15 Å². The fourth-order valence-corrected chi connectivity index (χ4v) is 6.05. The minimum Gasteiger partial charge on any atom is -0.441 e. The van der Waals surface area contributed by atoms with E-state index in [9.17, 15) is 4.79 Å². The van der Waals surface area contributed by atoms with Crippen LogP contribution in [0.25, 0.3) is 17.0 Å². The maximum Gasteiger partial charge on any atom is 0.257 e. The molecule has 2 atom stereocenters. The van der Waals surface area contributed by atoms with Crippen molar-refractivity contribution >= 4 is 17.2 Å². The van der Waals surface area contributed by atoms with Gasteiger partial charge in [-0.05, 0) is 43.5 Å². The van der Waals surface area contributed by atoms with Gasteiger partial charge in [0.15, 0.2) is 5.60 Å². The number of amides is 1. The van der Waals surface area contributed by atoms with Crippen molar-refractivity contribution in [2.24, 2.45) is 0 Å². The quantitative estimate of drug-likeness (QED) is 0.444. The lowest BCUT2D eigenvalue weighted by Crippen LogP contribution is -2.50. The molecule has 8 nitrogen and oxygen atoms in total. The molecule has 3 fully saturated rings. The molecular weight excluding hydrogens is 442 g/mol. The number of rotatable bonds is 3. The first-order chi connectivity index (χ1) is 17.1. The lowest BCUT2D eigenvalue weighted by molar-refractivity contribution is -0.140. The maximum absolute atomic E-state index is 13.7. The third-order valence-electron chi connectivity index (χ3n) is 7.78. The Labute approximate surface area is 203 Å². The summed E-state index contributed by atoms with van der Waals surface area (Å²) in [7, 11) is 0. The molecule has 35 heavy (non-hydrogen) atoms. The molecule has 0 bridgehead atoms. The summed E-state index contributed by atoms with van der Waals surface area (Å²) in [5, 5.41) is 4.58. The minimum absolute atomic E-state index is 0.111. The molecule has 0 saturated carbocycles. The summed E-state index contributed by atoms with van der Waals surface area (Å²) in [5.74, 6) is 2.53. The van der Waals surface area contributed by atoms with E-state index in [2.05, 4.69) is 33.2 Å². The van der Waals surface area contributed by atoms with E-state index in [0.717, 1.165) is 48.6 Å². The average molecular weight is 470 g/mol. The van der Waals surface area contributed by atoms with Crippen molar-refractivity contribution in [2.45, 2.75) is 50.5 Å². The standard InChI is InChI=1S/C27H27N5O3/c1-18-17-28-25(34-18)20-7-9-23(32-22(20)11-14-29-32)30-15-12-27(13-16-30)26(33)31-21(8-10-24(31)35-27)19-5-3-2-4-6-19/h2-7,9,11,14,17,21,24H,8,10,12-13,15-16H2,1H3/t21-,24+/m0/s1. The SMILES string of the molecule is Cc1cnc(-c2ccc(N3CCC4(CC3)O[C@@H]3CC[C@@H](c5ccccc5)N3C4=O)n3nccc23)o1. The van der Waals surface area contributed by atoms with Crippen molar-refractivity contribution in [2.75, 3.05) is 18.0 Å². The number of piperidine rings is 1. The molecule has 3 aromatic heterocycles. The number of pyridine rings is 1. The van der Waals surface area contributed by atoms with E-state index < -0.39 is 5.60 Å². The lowest BCUT2D eigenvalue weighted by Gasteiger charge is -2.38. The Hall–Kier alpha value is -3.65. The zero-order chi connectivity index (χ0) is 23.6. The van der Waals surface area contributed by atoms with Crippen LogP contribution >= 0.6 is 0 Å². The zero-order valence-electron chi connectivity index (χ0n) is 19.6. The smallest absolute Gasteiger partial charge is 0.257 e. The molecule has 3 aliphatic rings. The van der Waals surface area contributed by atoms with Crippen LogP contribution in [-0.2, 0) is 9.53 Å². The van der Waals surface area contributed by atoms with Gasteiger partial charge in [0.1, 0.15) is 17.8 Å². The van der Waals surface area contributed by atoms with Crippen molar-refractivity contribution in [3.8, 4) is 11.5 Å². The molecule has 6 heterocycles. The van der Waals surface area contributed by atoms with E-state index in [1.54, 1.807) is 12.4 Å². The van der Waals surface area contributed by atoms with Gasteiger partial charge < -0.3 is 19.0 Å². The number of oxazole rings is 1. The average Bonchev–Trinajstić information content (AvgIpc) is 3.67. The normalized spacial score (nSPS) is 23.5. The highest BCUT2D eigenvalue weighted by atomic mass is 16.6. The van der Waals surface area contributed by atoms with Crippen LogP contribution in [0.2, 0.25) is 0 Å². The van der Waals surface area contributed by atoms with Gasteiger partial charge in [0.25, 0.3) is 5.91 Å². The van der Waals surface area contributed by atoms with Crippen molar-refractivity contribution in [1.82, 2.24) is 19.5 Å². The molecule has 4 aromatic rings. The summed E-state index contributed by atoms with van der Waals surface area (Å²) in [4.78, 5) is 22.4. The number of benzene rings is 1. The first-order valence-electron chi connectivity index (χ1n) is 12.3. The second-order valence-electron chi connectivity index (χ2n) is 9.78. The van der Waals surface area contributed by atoms with Gasteiger partial charge >= 0.3 is 0 Å². The molecule has 1 aromatic carbocycles. The van der Waals surface area contributed by atoms with Crippen molar-refractivity contribution in [3.05, 3.63) is 72.2 Å². The fraction of sp³-hybridized carbons (Fsp3) is 0.370. The third kappa shape index (κ3) is 3.13. The number of nitrogens with zero attached hydrogens (tertiary/aromatic N) is 5. The lowest BCUT2D eigenvalue weighted by atomic mass is 9.89. The van der Waals surface area contributed by atoms with Crippen molar-refractivity contribution in [3.63, 3.8) is 0 Å². The first-order valence-corrected chi connectivity index (χ1v) is 12.3. The number of fused-ring (bicyclic) bond motifs is 2. The molecule has 0 unspecified atom stereocenters. The Kier molecular flexibility index (Phi) is 4.54. The van der Waals surface area contributed by atoms with Crippen LogP contribution in [0.4, 0.5) is 5.82 Å². The molecule has 3 saturated heterocycles. The second kappa shape index (κ2) is 7.68. The van der Waals surface area contributed by atoms with Crippen molar-refractivity contribution < 1.29 is 13.9 Å². The van der Waals surface area contributed by atoms with Crippen LogP contribution in [0.3, 0.4) is 0 Å². The molecule has 0 radical (unpaired) electrons. The molecule has 1 amide bonds. The van der Waals surface area contributed by atoms with Gasteiger partial charge in [0.05, 0.1) is 29.5 Å². The molecule has 178 valence electrons. The van der Waals surface area contributed by atoms with E-state index in [1.807, 2.05) is 46.7 Å². The van der Waals surface area contributed by atoms with E-state index in [0.29, 0.717) is 18.7 Å². The van der Waals surface area contributed by atoms with Gasteiger partial charge in [-0.25, -0.2) is 9.50 Å². The second-order valence-corrected chi connectivity index (χ2v) is 9.78. The first kappa shape index (κ1) is 20.7. The van der Waals surface area contributed by atoms with Gasteiger partial charge in [-0.1, -0.05) is 30.3 Å². The Morgan fingerprint density at radius 2 is 1.86 bits per heavy atom. The fourth-order valence-electron chi connectivity index (χ4n) is 6.05. The number of aromatic nitrogens is 3. The Balaban J connectivity index is 1.13. The Morgan fingerprint density at radius 3 is 2.63 bits per heavy atom. The summed E-state index contributed by atoms with van der Waals surface area (Å²) >= 11 is 0. The summed E-state index contributed by atoms with van der Waals surface area (Å²) in [6.45, 7) is 3.35. The van der Waals surface area contributed by atoms with E-state index in [-0.39, 0.29) is 18.2 Å². The highest BCUT2D eigenvalue weighted by molar-refractivity contribution is 5.88. The number of hydrogen-bond acceptors (Lipinski definition) is 6. The molecule has 8 heteroatoms. The van der Waals surface area contributed by atoms with Crippen LogP contribution in [0.5, 0.6) is 0 Å². The number of anilines is 1. The Morgan fingerprint density at radius 1 is 1.03 bits per heavy atom. The molecule has 0 aliphatic carbocycles. The van der Waals surface area contributed by atoms with Gasteiger partial charge in [0, 0.05) is 25.9 Å².